The zero-order chi connectivity index (χ0) is 11.3. The van der Waals surface area contributed by atoms with E-state index in [9.17, 15) is 19.8 Å². The Hall–Kier alpha value is -0.980. The van der Waals surface area contributed by atoms with Gasteiger partial charge in [-0.15, -0.1) is 0 Å². The Kier molecular flexibility index (Phi) is 5.29. The Morgan fingerprint density at radius 3 is 2.29 bits per heavy atom. The van der Waals surface area contributed by atoms with Crippen molar-refractivity contribution in [3.8, 4) is 0 Å². The maximum Gasteiger partial charge on any atom is 0.217 e. The molecule has 0 heterocycles. The standard InChI is InChI=1S/C8H16N2O4/c1-4(12)7(10-5(2)13)8(14)6(9)3-11/h3-4,6-8,12,14H,9H2,1-2H3,(H,10,13)/t4-,6+,7-,8-/m1/s1. The van der Waals surface area contributed by atoms with E-state index in [4.69, 9.17) is 5.73 Å². The van der Waals surface area contributed by atoms with Crippen molar-refractivity contribution >= 4 is 12.2 Å². The van der Waals surface area contributed by atoms with E-state index >= 15 is 0 Å². The lowest BCUT2D eigenvalue weighted by Crippen LogP contribution is -2.56. The maximum atomic E-state index is 10.7. The van der Waals surface area contributed by atoms with Gasteiger partial charge in [0.1, 0.15) is 6.29 Å². The first-order chi connectivity index (χ1) is 6.40. The molecule has 5 N–H and O–H groups in total. The molecular formula is C8H16N2O4. The Morgan fingerprint density at radius 2 is 2.00 bits per heavy atom. The highest BCUT2D eigenvalue weighted by Crippen LogP contribution is 2.02. The molecule has 0 aliphatic rings. The third-order valence-corrected chi connectivity index (χ3v) is 1.81. The van der Waals surface area contributed by atoms with Crippen LogP contribution in [-0.2, 0) is 9.59 Å². The minimum atomic E-state index is -1.30. The number of aliphatic hydroxyl groups is 2. The van der Waals surface area contributed by atoms with Gasteiger partial charge in [-0.05, 0) is 6.92 Å². The smallest absolute Gasteiger partial charge is 0.217 e. The second kappa shape index (κ2) is 5.69. The molecule has 0 saturated heterocycles. The minimum Gasteiger partial charge on any atom is -0.391 e. The quantitative estimate of drug-likeness (QED) is 0.378. The number of carbonyl (C=O) groups excluding carboxylic acids is 2. The van der Waals surface area contributed by atoms with Gasteiger partial charge in [0.15, 0.2) is 0 Å². The van der Waals surface area contributed by atoms with E-state index in [1.165, 1.54) is 13.8 Å². The first-order valence-electron chi connectivity index (χ1n) is 4.24. The lowest BCUT2D eigenvalue weighted by molar-refractivity contribution is -0.123. The molecule has 0 aromatic carbocycles. The van der Waals surface area contributed by atoms with Crippen LogP contribution in [-0.4, -0.2) is 46.7 Å². The number of nitrogens with one attached hydrogen (secondary N) is 1. The summed E-state index contributed by atoms with van der Waals surface area (Å²) in [5.41, 5.74) is 5.25. The number of aliphatic hydroxyl groups excluding tert-OH is 2. The topological polar surface area (TPSA) is 113 Å². The van der Waals surface area contributed by atoms with E-state index in [0.717, 1.165) is 0 Å². The average Bonchev–Trinajstić information content (AvgIpc) is 2.11. The van der Waals surface area contributed by atoms with Crippen LogP contribution in [0.5, 0.6) is 0 Å². The predicted octanol–water partition coefficient (Wildman–Crippen LogP) is -2.24. The number of aldehydes is 1. The Balaban J connectivity index is 4.47. The van der Waals surface area contributed by atoms with E-state index in [1.54, 1.807) is 0 Å². The third-order valence-electron chi connectivity index (χ3n) is 1.81. The van der Waals surface area contributed by atoms with Crippen LogP contribution in [0.1, 0.15) is 13.8 Å². The van der Waals surface area contributed by atoms with E-state index in [2.05, 4.69) is 5.32 Å². The number of rotatable bonds is 5. The summed E-state index contributed by atoms with van der Waals surface area (Å²) in [7, 11) is 0. The van der Waals surface area contributed by atoms with Gasteiger partial charge in [0.05, 0.1) is 24.3 Å². The van der Waals surface area contributed by atoms with Gasteiger partial charge in [-0.1, -0.05) is 0 Å². The Morgan fingerprint density at radius 1 is 1.50 bits per heavy atom. The molecule has 6 nitrogen and oxygen atoms in total. The van der Waals surface area contributed by atoms with Gasteiger partial charge >= 0.3 is 0 Å². The van der Waals surface area contributed by atoms with Gasteiger partial charge in [-0.3, -0.25) is 4.79 Å². The van der Waals surface area contributed by atoms with Crippen molar-refractivity contribution < 1.29 is 19.8 Å². The second-order valence-electron chi connectivity index (χ2n) is 3.17. The van der Waals surface area contributed by atoms with E-state index in [1.807, 2.05) is 0 Å². The number of carbonyl (C=O) groups is 2. The molecule has 6 heteroatoms. The van der Waals surface area contributed by atoms with Crippen molar-refractivity contribution in [2.24, 2.45) is 5.73 Å². The number of hydrogen-bond donors (Lipinski definition) is 4. The van der Waals surface area contributed by atoms with Gasteiger partial charge in [0, 0.05) is 6.92 Å². The first-order valence-corrected chi connectivity index (χ1v) is 4.24. The molecule has 0 rings (SSSR count). The minimum absolute atomic E-state index is 0.363. The molecule has 0 aliphatic heterocycles. The molecule has 0 unspecified atom stereocenters. The maximum absolute atomic E-state index is 10.7. The fraction of sp³-hybridized carbons (Fsp3) is 0.750. The highest BCUT2D eigenvalue weighted by Gasteiger charge is 2.29. The number of amides is 1. The Bertz CT molecular complexity index is 208. The van der Waals surface area contributed by atoms with Crippen LogP contribution in [0.25, 0.3) is 0 Å². The van der Waals surface area contributed by atoms with E-state index in [0.29, 0.717) is 6.29 Å². The molecule has 82 valence electrons. The predicted molar refractivity (Wildman–Crippen MR) is 49.3 cm³/mol. The summed E-state index contributed by atoms with van der Waals surface area (Å²) in [6, 6.07) is -2.06. The lowest BCUT2D eigenvalue weighted by Gasteiger charge is -2.27. The molecule has 0 saturated carbocycles. The van der Waals surface area contributed by atoms with Crippen LogP contribution in [0.15, 0.2) is 0 Å². The van der Waals surface area contributed by atoms with Crippen molar-refractivity contribution in [1.82, 2.24) is 5.32 Å². The summed E-state index contributed by atoms with van der Waals surface area (Å²) in [4.78, 5) is 21.0. The van der Waals surface area contributed by atoms with Gasteiger partial charge < -0.3 is 26.1 Å². The summed E-state index contributed by atoms with van der Waals surface area (Å²) in [6.45, 7) is 2.63. The van der Waals surface area contributed by atoms with E-state index < -0.39 is 30.2 Å². The summed E-state index contributed by atoms with van der Waals surface area (Å²) in [6.07, 6.45) is -1.92. The van der Waals surface area contributed by atoms with Gasteiger partial charge in [0.2, 0.25) is 5.91 Å². The number of nitrogens with two attached hydrogens (primary N) is 1. The van der Waals surface area contributed by atoms with Gasteiger partial charge in [-0.2, -0.15) is 0 Å². The summed E-state index contributed by atoms with van der Waals surface area (Å²) in [5.74, 6) is -0.409. The molecule has 0 aromatic heterocycles. The molecule has 0 aromatic rings. The third kappa shape index (κ3) is 3.82. The fourth-order valence-electron chi connectivity index (χ4n) is 1.05. The molecular weight excluding hydrogens is 188 g/mol. The second-order valence-corrected chi connectivity index (χ2v) is 3.17. The van der Waals surface area contributed by atoms with Crippen LogP contribution in [0.3, 0.4) is 0 Å². The largest absolute Gasteiger partial charge is 0.391 e. The molecule has 0 aliphatic carbocycles. The normalized spacial score (nSPS) is 19.2. The van der Waals surface area contributed by atoms with Crippen LogP contribution in [0.4, 0.5) is 0 Å². The monoisotopic (exact) mass is 204 g/mol. The van der Waals surface area contributed by atoms with Gasteiger partial charge in [0.25, 0.3) is 0 Å². The number of hydrogen-bond acceptors (Lipinski definition) is 5. The SMILES string of the molecule is CC(=O)N[C@@H]([C@H](O)[C@@H](N)C=O)[C@@H](C)O. The highest BCUT2D eigenvalue weighted by atomic mass is 16.3. The van der Waals surface area contributed by atoms with Crippen molar-refractivity contribution in [2.45, 2.75) is 38.1 Å². The first kappa shape index (κ1) is 13.0. The molecule has 4 atom stereocenters. The molecule has 0 bridgehead atoms. The van der Waals surface area contributed by atoms with Crippen LogP contribution < -0.4 is 11.1 Å². The molecule has 14 heavy (non-hydrogen) atoms. The van der Waals surface area contributed by atoms with Gasteiger partial charge in [-0.25, -0.2) is 0 Å². The summed E-state index contributed by atoms with van der Waals surface area (Å²) >= 11 is 0. The molecule has 0 radical (unpaired) electrons. The summed E-state index contributed by atoms with van der Waals surface area (Å²) in [5, 5.41) is 21.0. The fourth-order valence-corrected chi connectivity index (χ4v) is 1.05. The molecule has 0 spiro atoms. The Labute approximate surface area is 82.1 Å². The molecule has 1 amide bonds. The summed E-state index contributed by atoms with van der Waals surface area (Å²) < 4.78 is 0. The molecule has 0 fully saturated rings. The van der Waals surface area contributed by atoms with Crippen molar-refractivity contribution in [3.63, 3.8) is 0 Å². The average molecular weight is 204 g/mol. The van der Waals surface area contributed by atoms with Crippen LogP contribution in [0.2, 0.25) is 0 Å². The van der Waals surface area contributed by atoms with Crippen molar-refractivity contribution in [3.05, 3.63) is 0 Å². The van der Waals surface area contributed by atoms with Crippen molar-refractivity contribution in [2.75, 3.05) is 0 Å². The van der Waals surface area contributed by atoms with Crippen LogP contribution in [0, 0.1) is 0 Å². The lowest BCUT2D eigenvalue weighted by atomic mass is 10.0. The zero-order valence-electron chi connectivity index (χ0n) is 8.18. The van der Waals surface area contributed by atoms with Crippen LogP contribution >= 0.6 is 0 Å². The van der Waals surface area contributed by atoms with Crippen molar-refractivity contribution in [1.29, 1.82) is 0 Å². The highest BCUT2D eigenvalue weighted by molar-refractivity contribution is 5.73. The van der Waals surface area contributed by atoms with E-state index in [-0.39, 0.29) is 0 Å². The zero-order valence-corrected chi connectivity index (χ0v) is 8.18.